The zero-order chi connectivity index (χ0) is 15.8. The van der Waals surface area contributed by atoms with Crippen molar-refractivity contribution in [2.45, 2.75) is 44.8 Å². The average Bonchev–Trinajstić information content (AvgIpc) is 2.96. The van der Waals surface area contributed by atoms with Crippen LogP contribution in [0.25, 0.3) is 10.9 Å². The van der Waals surface area contributed by atoms with E-state index in [-0.39, 0.29) is 17.9 Å². The van der Waals surface area contributed by atoms with E-state index in [1.54, 1.807) is 6.20 Å². The Hall–Kier alpha value is -1.94. The van der Waals surface area contributed by atoms with Crippen molar-refractivity contribution in [2.24, 2.45) is 5.92 Å². The first-order valence-corrected chi connectivity index (χ1v) is 8.54. The number of carbonyl (C=O) groups excluding carboxylic acids is 1. The molecule has 4 nitrogen and oxygen atoms in total. The summed E-state index contributed by atoms with van der Waals surface area (Å²) in [5, 5.41) is 1.08. The van der Waals surface area contributed by atoms with Crippen LogP contribution < -0.4 is 4.90 Å². The highest BCUT2D eigenvalue weighted by atomic mass is 16.5. The molecule has 4 rings (SSSR count). The number of nitrogens with zero attached hydrogens (tertiary/aromatic N) is 2. The van der Waals surface area contributed by atoms with Gasteiger partial charge in [0.05, 0.1) is 23.2 Å². The normalized spacial score (nSPS) is 24.6. The van der Waals surface area contributed by atoms with Gasteiger partial charge < -0.3 is 9.64 Å². The monoisotopic (exact) mass is 310 g/mol. The largest absolute Gasteiger partial charge is 0.378 e. The SMILES string of the molecule is C[C@@H]1OCC[C@H]1C(=O)N(c1cccc2cccnc12)C1CCC1. The van der Waals surface area contributed by atoms with E-state index in [2.05, 4.69) is 17.1 Å². The third-order valence-electron chi connectivity index (χ3n) is 5.24. The second-order valence-corrected chi connectivity index (χ2v) is 6.62. The highest BCUT2D eigenvalue weighted by Crippen LogP contribution is 2.36. The Morgan fingerprint density at radius 2 is 2.04 bits per heavy atom. The number of ether oxygens (including phenoxy) is 1. The molecule has 1 aliphatic heterocycles. The molecule has 2 heterocycles. The van der Waals surface area contributed by atoms with E-state index in [4.69, 9.17) is 4.74 Å². The molecule has 4 heteroatoms. The molecule has 1 aromatic carbocycles. The summed E-state index contributed by atoms with van der Waals surface area (Å²) in [5.74, 6) is 0.174. The molecule has 0 spiro atoms. The minimum Gasteiger partial charge on any atom is -0.378 e. The van der Waals surface area contributed by atoms with Crippen molar-refractivity contribution >= 4 is 22.5 Å². The molecule has 1 saturated carbocycles. The van der Waals surface area contributed by atoms with Crippen LogP contribution in [0.4, 0.5) is 5.69 Å². The number of amides is 1. The summed E-state index contributed by atoms with van der Waals surface area (Å²) in [4.78, 5) is 19.8. The lowest BCUT2D eigenvalue weighted by Gasteiger charge is -2.39. The smallest absolute Gasteiger partial charge is 0.233 e. The number of para-hydroxylation sites is 1. The van der Waals surface area contributed by atoms with Crippen LogP contribution in [0.3, 0.4) is 0 Å². The first kappa shape index (κ1) is 14.6. The van der Waals surface area contributed by atoms with Gasteiger partial charge in [-0.25, -0.2) is 0 Å². The molecular formula is C19H22N2O2. The summed E-state index contributed by atoms with van der Waals surface area (Å²) in [6, 6.07) is 10.4. The van der Waals surface area contributed by atoms with E-state index in [1.807, 2.05) is 30.0 Å². The number of benzene rings is 1. The minimum atomic E-state index is -0.0328. The van der Waals surface area contributed by atoms with Crippen molar-refractivity contribution in [3.63, 3.8) is 0 Å². The molecule has 2 atom stereocenters. The van der Waals surface area contributed by atoms with E-state index < -0.39 is 0 Å². The van der Waals surface area contributed by atoms with Crippen LogP contribution in [0.5, 0.6) is 0 Å². The topological polar surface area (TPSA) is 42.4 Å². The summed E-state index contributed by atoms with van der Waals surface area (Å²) in [6.07, 6.45) is 5.99. The standard InChI is InChI=1S/C19H22N2O2/c1-13-16(10-12-23-13)19(22)21(15-7-3-8-15)17-9-2-5-14-6-4-11-20-18(14)17/h2,4-6,9,11,13,15-16H,3,7-8,10,12H2,1H3/t13-,16+/m0/s1. The molecule has 23 heavy (non-hydrogen) atoms. The zero-order valence-corrected chi connectivity index (χ0v) is 13.4. The van der Waals surface area contributed by atoms with Crippen LogP contribution in [0, 0.1) is 5.92 Å². The van der Waals surface area contributed by atoms with Crippen LogP contribution in [-0.2, 0) is 9.53 Å². The maximum absolute atomic E-state index is 13.3. The van der Waals surface area contributed by atoms with Crippen molar-refractivity contribution in [1.29, 1.82) is 0 Å². The van der Waals surface area contributed by atoms with Gasteiger partial charge in [0.15, 0.2) is 0 Å². The van der Waals surface area contributed by atoms with Gasteiger partial charge in [-0.3, -0.25) is 9.78 Å². The summed E-state index contributed by atoms with van der Waals surface area (Å²) in [6.45, 7) is 2.69. The molecule has 0 N–H and O–H groups in total. The average molecular weight is 310 g/mol. The van der Waals surface area contributed by atoms with Gasteiger partial charge in [-0.05, 0) is 44.7 Å². The van der Waals surface area contributed by atoms with Crippen LogP contribution in [0.1, 0.15) is 32.6 Å². The van der Waals surface area contributed by atoms with Crippen molar-refractivity contribution in [1.82, 2.24) is 4.98 Å². The van der Waals surface area contributed by atoms with Crippen molar-refractivity contribution < 1.29 is 9.53 Å². The molecule has 0 unspecified atom stereocenters. The second kappa shape index (κ2) is 5.93. The molecule has 1 aromatic heterocycles. The molecule has 0 radical (unpaired) electrons. The van der Waals surface area contributed by atoms with Gasteiger partial charge in [0, 0.05) is 24.2 Å². The molecular weight excluding hydrogens is 288 g/mol. The molecule has 2 aliphatic rings. The number of fused-ring (bicyclic) bond motifs is 1. The lowest BCUT2D eigenvalue weighted by Crippen LogP contribution is -2.48. The Morgan fingerprint density at radius 1 is 1.22 bits per heavy atom. The maximum Gasteiger partial charge on any atom is 0.233 e. The molecule has 2 aromatic rings. The number of carbonyl (C=O) groups is 1. The maximum atomic E-state index is 13.3. The van der Waals surface area contributed by atoms with E-state index >= 15 is 0 Å². The van der Waals surface area contributed by atoms with Gasteiger partial charge in [0.25, 0.3) is 0 Å². The fourth-order valence-corrected chi connectivity index (χ4v) is 3.66. The quantitative estimate of drug-likeness (QED) is 0.871. The van der Waals surface area contributed by atoms with Gasteiger partial charge in [-0.1, -0.05) is 18.2 Å². The second-order valence-electron chi connectivity index (χ2n) is 6.62. The Morgan fingerprint density at radius 3 is 2.74 bits per heavy atom. The Labute approximate surface area is 136 Å². The molecule has 2 fully saturated rings. The molecule has 1 aliphatic carbocycles. The number of anilines is 1. The van der Waals surface area contributed by atoms with Crippen LogP contribution in [0.2, 0.25) is 0 Å². The van der Waals surface area contributed by atoms with Gasteiger partial charge in [0.1, 0.15) is 0 Å². The summed E-state index contributed by atoms with van der Waals surface area (Å²) < 4.78 is 5.63. The number of aromatic nitrogens is 1. The number of rotatable bonds is 3. The lowest BCUT2D eigenvalue weighted by molar-refractivity contribution is -0.124. The molecule has 1 amide bonds. The van der Waals surface area contributed by atoms with Crippen molar-refractivity contribution in [3.05, 3.63) is 36.5 Å². The zero-order valence-electron chi connectivity index (χ0n) is 13.4. The van der Waals surface area contributed by atoms with Gasteiger partial charge in [0.2, 0.25) is 5.91 Å². The highest BCUT2D eigenvalue weighted by molar-refractivity contribution is 6.03. The van der Waals surface area contributed by atoms with Crippen LogP contribution >= 0.6 is 0 Å². The fourth-order valence-electron chi connectivity index (χ4n) is 3.66. The Bertz CT molecular complexity index is 721. The highest BCUT2D eigenvalue weighted by Gasteiger charge is 2.39. The van der Waals surface area contributed by atoms with Crippen molar-refractivity contribution in [3.8, 4) is 0 Å². The van der Waals surface area contributed by atoms with E-state index in [1.165, 1.54) is 6.42 Å². The van der Waals surface area contributed by atoms with Crippen LogP contribution in [0.15, 0.2) is 36.5 Å². The first-order valence-electron chi connectivity index (χ1n) is 8.54. The predicted molar refractivity (Wildman–Crippen MR) is 90.4 cm³/mol. The third-order valence-corrected chi connectivity index (χ3v) is 5.24. The van der Waals surface area contributed by atoms with E-state index in [9.17, 15) is 4.79 Å². The predicted octanol–water partition coefficient (Wildman–Crippen LogP) is 3.55. The van der Waals surface area contributed by atoms with E-state index in [0.29, 0.717) is 12.6 Å². The van der Waals surface area contributed by atoms with Gasteiger partial charge in [-0.2, -0.15) is 0 Å². The summed E-state index contributed by atoms with van der Waals surface area (Å²) in [7, 11) is 0. The van der Waals surface area contributed by atoms with Gasteiger partial charge >= 0.3 is 0 Å². The number of pyridine rings is 1. The molecule has 1 saturated heterocycles. The number of hydrogen-bond acceptors (Lipinski definition) is 3. The Balaban J connectivity index is 1.77. The molecule has 0 bridgehead atoms. The van der Waals surface area contributed by atoms with Gasteiger partial charge in [-0.15, -0.1) is 0 Å². The fraction of sp³-hybridized carbons (Fsp3) is 0.474. The molecule has 120 valence electrons. The Kier molecular flexibility index (Phi) is 3.77. The third kappa shape index (κ3) is 2.51. The summed E-state index contributed by atoms with van der Waals surface area (Å²) in [5.41, 5.74) is 1.87. The number of hydrogen-bond donors (Lipinski definition) is 0. The minimum absolute atomic E-state index is 0.00742. The van der Waals surface area contributed by atoms with Crippen LogP contribution in [-0.4, -0.2) is 29.6 Å². The lowest BCUT2D eigenvalue weighted by atomic mass is 9.88. The van der Waals surface area contributed by atoms with Crippen molar-refractivity contribution in [2.75, 3.05) is 11.5 Å². The first-order chi connectivity index (χ1) is 11.3. The van der Waals surface area contributed by atoms with E-state index in [0.717, 1.165) is 35.9 Å². The summed E-state index contributed by atoms with van der Waals surface area (Å²) >= 11 is 0.